The molecular formula is C27H25N3O4S. The zero-order valence-electron chi connectivity index (χ0n) is 19.3. The summed E-state index contributed by atoms with van der Waals surface area (Å²) in [6.45, 7) is 3.11. The van der Waals surface area contributed by atoms with Crippen molar-refractivity contribution in [2.45, 2.75) is 11.8 Å². The van der Waals surface area contributed by atoms with Gasteiger partial charge in [0.15, 0.2) is 5.76 Å². The van der Waals surface area contributed by atoms with E-state index in [-0.39, 0.29) is 23.9 Å². The van der Waals surface area contributed by atoms with E-state index in [4.69, 9.17) is 4.42 Å². The Labute approximate surface area is 204 Å². The SMILES string of the molecule is Cc1ccc(-c2cnc(-c3ccccc3C(=O)N3CCN(S(=O)(=O)c4ccccc4)CC3)o2)cc1. The molecule has 0 unspecified atom stereocenters. The van der Waals surface area contributed by atoms with Crippen molar-refractivity contribution in [1.82, 2.24) is 14.2 Å². The number of aromatic nitrogens is 1. The summed E-state index contributed by atoms with van der Waals surface area (Å²) in [4.78, 5) is 19.8. The first-order chi connectivity index (χ1) is 16.9. The van der Waals surface area contributed by atoms with E-state index in [0.29, 0.717) is 35.9 Å². The summed E-state index contributed by atoms with van der Waals surface area (Å²) in [5, 5.41) is 0. The fraction of sp³-hybridized carbons (Fsp3) is 0.185. The van der Waals surface area contributed by atoms with Gasteiger partial charge in [-0.3, -0.25) is 4.79 Å². The van der Waals surface area contributed by atoms with Gasteiger partial charge < -0.3 is 9.32 Å². The molecule has 0 N–H and O–H groups in total. The highest BCUT2D eigenvalue weighted by Crippen LogP contribution is 2.29. The molecule has 5 rings (SSSR count). The average Bonchev–Trinajstić information content (AvgIpc) is 3.39. The topological polar surface area (TPSA) is 83.7 Å². The molecule has 35 heavy (non-hydrogen) atoms. The van der Waals surface area contributed by atoms with Crippen LogP contribution in [0.3, 0.4) is 0 Å². The summed E-state index contributed by atoms with van der Waals surface area (Å²) in [5.41, 5.74) is 3.15. The number of benzene rings is 3. The third kappa shape index (κ3) is 4.62. The van der Waals surface area contributed by atoms with Gasteiger partial charge in [-0.15, -0.1) is 0 Å². The molecule has 1 amide bonds. The van der Waals surface area contributed by atoms with E-state index in [9.17, 15) is 13.2 Å². The lowest BCUT2D eigenvalue weighted by atomic mass is 10.1. The molecule has 1 aliphatic rings. The summed E-state index contributed by atoms with van der Waals surface area (Å²) < 4.78 is 33.3. The number of amides is 1. The smallest absolute Gasteiger partial charge is 0.254 e. The van der Waals surface area contributed by atoms with E-state index in [2.05, 4.69) is 4.98 Å². The summed E-state index contributed by atoms with van der Waals surface area (Å²) >= 11 is 0. The van der Waals surface area contributed by atoms with E-state index in [1.807, 2.05) is 43.3 Å². The molecule has 0 radical (unpaired) electrons. The van der Waals surface area contributed by atoms with Crippen molar-refractivity contribution in [3.05, 3.63) is 96.2 Å². The van der Waals surface area contributed by atoms with Gasteiger partial charge in [-0.05, 0) is 31.2 Å². The van der Waals surface area contributed by atoms with Crippen molar-refractivity contribution in [3.8, 4) is 22.8 Å². The van der Waals surface area contributed by atoms with Crippen molar-refractivity contribution < 1.29 is 17.6 Å². The number of oxazole rings is 1. The van der Waals surface area contributed by atoms with E-state index in [1.165, 1.54) is 4.31 Å². The first-order valence-electron chi connectivity index (χ1n) is 11.4. The molecule has 8 heteroatoms. The van der Waals surface area contributed by atoms with Crippen LogP contribution in [-0.4, -0.2) is 54.7 Å². The largest absolute Gasteiger partial charge is 0.436 e. The number of aryl methyl sites for hydroxylation is 1. The van der Waals surface area contributed by atoms with Crippen LogP contribution < -0.4 is 0 Å². The van der Waals surface area contributed by atoms with Gasteiger partial charge in [-0.2, -0.15) is 4.31 Å². The van der Waals surface area contributed by atoms with Gasteiger partial charge in [0.1, 0.15) is 0 Å². The normalized spacial score (nSPS) is 14.7. The molecule has 1 aromatic heterocycles. The molecule has 0 saturated carbocycles. The third-order valence-corrected chi connectivity index (χ3v) is 8.05. The molecule has 1 aliphatic heterocycles. The minimum Gasteiger partial charge on any atom is -0.436 e. The Morgan fingerprint density at radius 2 is 1.51 bits per heavy atom. The summed E-state index contributed by atoms with van der Waals surface area (Å²) in [6.07, 6.45) is 1.66. The number of sulfonamides is 1. The fourth-order valence-corrected chi connectivity index (χ4v) is 5.59. The number of nitrogens with zero attached hydrogens (tertiary/aromatic N) is 3. The van der Waals surface area contributed by atoms with Crippen LogP contribution in [-0.2, 0) is 10.0 Å². The Balaban J connectivity index is 1.34. The fourth-order valence-electron chi connectivity index (χ4n) is 4.15. The highest BCUT2D eigenvalue weighted by atomic mass is 32.2. The highest BCUT2D eigenvalue weighted by molar-refractivity contribution is 7.89. The van der Waals surface area contributed by atoms with Crippen LogP contribution >= 0.6 is 0 Å². The summed E-state index contributed by atoms with van der Waals surface area (Å²) in [6, 6.07) is 23.5. The first kappa shape index (κ1) is 23.0. The van der Waals surface area contributed by atoms with Gasteiger partial charge in [0.25, 0.3) is 5.91 Å². The van der Waals surface area contributed by atoms with E-state index in [1.54, 1.807) is 53.6 Å². The Morgan fingerprint density at radius 3 is 2.23 bits per heavy atom. The molecule has 0 spiro atoms. The lowest BCUT2D eigenvalue weighted by Gasteiger charge is -2.34. The second-order valence-corrected chi connectivity index (χ2v) is 10.4. The Kier molecular flexibility index (Phi) is 6.23. The van der Waals surface area contributed by atoms with Crippen LogP contribution in [0.2, 0.25) is 0 Å². The summed E-state index contributed by atoms with van der Waals surface area (Å²) in [5.74, 6) is 0.823. The maximum Gasteiger partial charge on any atom is 0.254 e. The van der Waals surface area contributed by atoms with Gasteiger partial charge in [0.2, 0.25) is 15.9 Å². The average molecular weight is 488 g/mol. The van der Waals surface area contributed by atoms with Crippen molar-refractivity contribution in [2.75, 3.05) is 26.2 Å². The zero-order chi connectivity index (χ0) is 24.4. The lowest BCUT2D eigenvalue weighted by Crippen LogP contribution is -2.50. The predicted octanol–water partition coefficient (Wildman–Crippen LogP) is 4.46. The van der Waals surface area contributed by atoms with Crippen LogP contribution in [0, 0.1) is 6.92 Å². The van der Waals surface area contributed by atoms with E-state index < -0.39 is 10.0 Å². The Morgan fingerprint density at radius 1 is 0.857 bits per heavy atom. The highest BCUT2D eigenvalue weighted by Gasteiger charge is 2.31. The second-order valence-electron chi connectivity index (χ2n) is 8.45. The maximum absolute atomic E-state index is 13.4. The van der Waals surface area contributed by atoms with E-state index >= 15 is 0 Å². The molecule has 178 valence electrons. The number of hydrogen-bond donors (Lipinski definition) is 0. The lowest BCUT2D eigenvalue weighted by molar-refractivity contribution is 0.0698. The van der Waals surface area contributed by atoms with Crippen LogP contribution in [0.5, 0.6) is 0 Å². The first-order valence-corrected chi connectivity index (χ1v) is 12.8. The van der Waals surface area contributed by atoms with Crippen LogP contribution in [0.1, 0.15) is 15.9 Å². The number of piperazine rings is 1. The monoisotopic (exact) mass is 487 g/mol. The van der Waals surface area contributed by atoms with Crippen molar-refractivity contribution >= 4 is 15.9 Å². The van der Waals surface area contributed by atoms with Gasteiger partial charge >= 0.3 is 0 Å². The van der Waals surface area contributed by atoms with Crippen LogP contribution in [0.4, 0.5) is 0 Å². The molecule has 4 aromatic rings. The summed E-state index contributed by atoms with van der Waals surface area (Å²) in [7, 11) is -3.58. The molecule has 7 nitrogen and oxygen atoms in total. The number of carbonyl (C=O) groups excluding carboxylic acids is 1. The second kappa shape index (κ2) is 9.48. The molecule has 0 bridgehead atoms. The Hall–Kier alpha value is -3.75. The minimum atomic E-state index is -3.58. The molecule has 3 aromatic carbocycles. The van der Waals surface area contributed by atoms with Gasteiger partial charge in [-0.25, -0.2) is 13.4 Å². The Bertz CT molecular complexity index is 1440. The number of hydrogen-bond acceptors (Lipinski definition) is 5. The number of carbonyl (C=O) groups is 1. The van der Waals surface area contributed by atoms with Crippen molar-refractivity contribution in [1.29, 1.82) is 0 Å². The molecule has 1 saturated heterocycles. The van der Waals surface area contributed by atoms with Crippen molar-refractivity contribution in [3.63, 3.8) is 0 Å². The van der Waals surface area contributed by atoms with E-state index in [0.717, 1.165) is 11.1 Å². The molecule has 2 heterocycles. The van der Waals surface area contributed by atoms with Gasteiger partial charge in [0, 0.05) is 37.3 Å². The number of rotatable bonds is 5. The zero-order valence-corrected chi connectivity index (χ0v) is 20.1. The molecule has 0 atom stereocenters. The molecular weight excluding hydrogens is 462 g/mol. The molecule has 1 fully saturated rings. The molecule has 0 aliphatic carbocycles. The maximum atomic E-state index is 13.4. The van der Waals surface area contributed by atoms with Gasteiger partial charge in [0.05, 0.1) is 16.7 Å². The minimum absolute atomic E-state index is 0.174. The van der Waals surface area contributed by atoms with Gasteiger partial charge in [-0.1, -0.05) is 60.2 Å². The van der Waals surface area contributed by atoms with Crippen LogP contribution in [0.15, 0.2) is 94.4 Å². The van der Waals surface area contributed by atoms with Crippen LogP contribution in [0.25, 0.3) is 22.8 Å². The van der Waals surface area contributed by atoms with Crippen molar-refractivity contribution in [2.24, 2.45) is 0 Å². The third-order valence-electron chi connectivity index (χ3n) is 6.14. The quantitative estimate of drug-likeness (QED) is 0.415. The standard InChI is InChI=1S/C27H25N3O4S/c1-20-11-13-21(14-12-20)25-19-28-26(34-25)23-9-5-6-10-24(23)27(31)29-15-17-30(18-16-29)35(32,33)22-7-3-2-4-8-22/h2-14,19H,15-18H2,1H3. The predicted molar refractivity (Wildman–Crippen MR) is 133 cm³/mol.